The average Bonchev–Trinajstić information content (AvgIpc) is 2.79. The number of hydrogen-bond donors (Lipinski definition) is 1. The third-order valence-corrected chi connectivity index (χ3v) is 2.63. The van der Waals surface area contributed by atoms with Crippen LogP contribution < -0.4 is 5.32 Å². The molecule has 0 saturated heterocycles. The fourth-order valence-electron chi connectivity index (χ4n) is 1.87. The lowest BCUT2D eigenvalue weighted by Gasteiger charge is -2.08. The second-order valence-corrected chi connectivity index (χ2v) is 4.00. The highest BCUT2D eigenvalue weighted by Gasteiger charge is 2.04. The van der Waals surface area contributed by atoms with Gasteiger partial charge in [-0.2, -0.15) is 0 Å². The standard InChI is InChI=1S/C13H18N4/c1-3-4-13-16-7-8-17(13)12-5-6-15-11(9-12)10-14-2/h5-9,14H,3-4,10H2,1-2H3. The molecule has 0 radical (unpaired) electrons. The van der Waals surface area contributed by atoms with Crippen LogP contribution in [0, 0.1) is 0 Å². The van der Waals surface area contributed by atoms with Crippen molar-refractivity contribution in [3.8, 4) is 5.69 Å². The van der Waals surface area contributed by atoms with Crippen LogP contribution in [0.4, 0.5) is 0 Å². The van der Waals surface area contributed by atoms with E-state index in [1.54, 1.807) is 0 Å². The van der Waals surface area contributed by atoms with Gasteiger partial charge in [-0.25, -0.2) is 4.98 Å². The van der Waals surface area contributed by atoms with Gasteiger partial charge in [-0.1, -0.05) is 6.92 Å². The van der Waals surface area contributed by atoms with E-state index in [1.165, 1.54) is 0 Å². The van der Waals surface area contributed by atoms with Crippen molar-refractivity contribution in [2.24, 2.45) is 0 Å². The Kier molecular flexibility index (Phi) is 3.88. The summed E-state index contributed by atoms with van der Waals surface area (Å²) in [6.07, 6.45) is 7.80. The van der Waals surface area contributed by atoms with Crippen molar-refractivity contribution in [1.82, 2.24) is 19.9 Å². The van der Waals surface area contributed by atoms with Crippen LogP contribution in [0.15, 0.2) is 30.7 Å². The van der Waals surface area contributed by atoms with E-state index in [-0.39, 0.29) is 0 Å². The van der Waals surface area contributed by atoms with Crippen LogP contribution in [0.5, 0.6) is 0 Å². The van der Waals surface area contributed by atoms with Crippen molar-refractivity contribution in [1.29, 1.82) is 0 Å². The van der Waals surface area contributed by atoms with Gasteiger partial charge in [0.25, 0.3) is 0 Å². The number of nitrogens with one attached hydrogen (secondary N) is 1. The van der Waals surface area contributed by atoms with E-state index in [4.69, 9.17) is 0 Å². The van der Waals surface area contributed by atoms with Gasteiger partial charge in [-0.3, -0.25) is 4.98 Å². The fourth-order valence-corrected chi connectivity index (χ4v) is 1.87. The number of aryl methyl sites for hydroxylation is 1. The summed E-state index contributed by atoms with van der Waals surface area (Å²) in [5.41, 5.74) is 2.17. The minimum atomic E-state index is 0.783. The normalized spacial score (nSPS) is 10.7. The molecule has 2 heterocycles. The number of aromatic nitrogens is 3. The zero-order chi connectivity index (χ0) is 12.1. The molecule has 0 aliphatic heterocycles. The molecule has 2 aromatic heterocycles. The molecule has 4 heteroatoms. The van der Waals surface area contributed by atoms with E-state index in [1.807, 2.05) is 31.7 Å². The highest BCUT2D eigenvalue weighted by Crippen LogP contribution is 2.12. The molecule has 0 spiro atoms. The molecule has 90 valence electrons. The minimum absolute atomic E-state index is 0.783. The van der Waals surface area contributed by atoms with Crippen molar-refractivity contribution < 1.29 is 0 Å². The van der Waals surface area contributed by atoms with Gasteiger partial charge in [0.05, 0.1) is 11.4 Å². The first-order valence-electron chi connectivity index (χ1n) is 5.97. The molecule has 2 rings (SSSR count). The molecule has 0 fully saturated rings. The van der Waals surface area contributed by atoms with Crippen LogP contribution in [0.25, 0.3) is 5.69 Å². The van der Waals surface area contributed by atoms with Gasteiger partial charge in [0.15, 0.2) is 0 Å². The number of imidazole rings is 1. The summed E-state index contributed by atoms with van der Waals surface area (Å²) in [5, 5.41) is 3.11. The smallest absolute Gasteiger partial charge is 0.113 e. The Bertz CT molecular complexity index is 476. The molecule has 4 nitrogen and oxygen atoms in total. The number of pyridine rings is 1. The highest BCUT2D eigenvalue weighted by molar-refractivity contribution is 5.33. The zero-order valence-corrected chi connectivity index (χ0v) is 10.3. The molecule has 0 saturated carbocycles. The van der Waals surface area contributed by atoms with Crippen LogP contribution in [0.2, 0.25) is 0 Å². The van der Waals surface area contributed by atoms with E-state index < -0.39 is 0 Å². The van der Waals surface area contributed by atoms with E-state index in [2.05, 4.69) is 32.8 Å². The van der Waals surface area contributed by atoms with Crippen molar-refractivity contribution in [3.63, 3.8) is 0 Å². The van der Waals surface area contributed by atoms with E-state index in [0.29, 0.717) is 0 Å². The Morgan fingerprint density at radius 3 is 2.94 bits per heavy atom. The molecule has 1 N–H and O–H groups in total. The Balaban J connectivity index is 2.31. The molecule has 0 aromatic carbocycles. The van der Waals surface area contributed by atoms with Crippen LogP contribution >= 0.6 is 0 Å². The van der Waals surface area contributed by atoms with Crippen LogP contribution in [0.3, 0.4) is 0 Å². The molecule has 17 heavy (non-hydrogen) atoms. The molecular weight excluding hydrogens is 212 g/mol. The first kappa shape index (κ1) is 11.8. The van der Waals surface area contributed by atoms with Crippen molar-refractivity contribution in [2.75, 3.05) is 7.05 Å². The first-order valence-corrected chi connectivity index (χ1v) is 5.97. The lowest BCUT2D eigenvalue weighted by Crippen LogP contribution is -2.08. The molecule has 0 amide bonds. The second kappa shape index (κ2) is 5.59. The lowest BCUT2D eigenvalue weighted by atomic mass is 10.3. The van der Waals surface area contributed by atoms with Gasteiger partial charge in [0.1, 0.15) is 5.82 Å². The number of nitrogens with zero attached hydrogens (tertiary/aromatic N) is 3. The third kappa shape index (κ3) is 2.71. The monoisotopic (exact) mass is 230 g/mol. The molecule has 2 aromatic rings. The summed E-state index contributed by atoms with van der Waals surface area (Å²) >= 11 is 0. The SMILES string of the molecule is CCCc1nccn1-c1ccnc(CNC)c1. The summed E-state index contributed by atoms with van der Waals surface area (Å²) in [5.74, 6) is 1.11. The Labute approximate surface area is 102 Å². The minimum Gasteiger partial charge on any atom is -0.314 e. The summed E-state index contributed by atoms with van der Waals surface area (Å²) < 4.78 is 2.13. The molecule has 0 atom stereocenters. The summed E-state index contributed by atoms with van der Waals surface area (Å²) in [6.45, 7) is 2.95. The molecule has 0 aliphatic carbocycles. The first-order chi connectivity index (χ1) is 8.35. The Morgan fingerprint density at radius 2 is 2.18 bits per heavy atom. The number of hydrogen-bond acceptors (Lipinski definition) is 3. The molecule has 0 unspecified atom stereocenters. The Morgan fingerprint density at radius 1 is 1.29 bits per heavy atom. The predicted molar refractivity (Wildman–Crippen MR) is 68.1 cm³/mol. The highest BCUT2D eigenvalue weighted by atomic mass is 15.1. The topological polar surface area (TPSA) is 42.7 Å². The van der Waals surface area contributed by atoms with Gasteiger partial charge < -0.3 is 9.88 Å². The van der Waals surface area contributed by atoms with Crippen LogP contribution in [-0.4, -0.2) is 21.6 Å². The van der Waals surface area contributed by atoms with E-state index >= 15 is 0 Å². The number of rotatable bonds is 5. The maximum absolute atomic E-state index is 4.38. The quantitative estimate of drug-likeness (QED) is 0.853. The van der Waals surface area contributed by atoms with Crippen LogP contribution in [0.1, 0.15) is 24.9 Å². The van der Waals surface area contributed by atoms with Gasteiger partial charge in [-0.15, -0.1) is 0 Å². The molecule has 0 bridgehead atoms. The summed E-state index contributed by atoms with van der Waals surface area (Å²) in [7, 11) is 1.92. The molecular formula is C13H18N4. The largest absolute Gasteiger partial charge is 0.314 e. The van der Waals surface area contributed by atoms with Crippen molar-refractivity contribution in [3.05, 3.63) is 42.2 Å². The van der Waals surface area contributed by atoms with Crippen molar-refractivity contribution >= 4 is 0 Å². The second-order valence-electron chi connectivity index (χ2n) is 4.00. The van der Waals surface area contributed by atoms with E-state index in [0.717, 1.165) is 36.6 Å². The van der Waals surface area contributed by atoms with Crippen molar-refractivity contribution in [2.45, 2.75) is 26.3 Å². The maximum atomic E-state index is 4.38. The maximum Gasteiger partial charge on any atom is 0.113 e. The lowest BCUT2D eigenvalue weighted by molar-refractivity contribution is 0.781. The van der Waals surface area contributed by atoms with Gasteiger partial charge >= 0.3 is 0 Å². The van der Waals surface area contributed by atoms with E-state index in [9.17, 15) is 0 Å². The fraction of sp³-hybridized carbons (Fsp3) is 0.385. The average molecular weight is 230 g/mol. The summed E-state index contributed by atoms with van der Waals surface area (Å²) in [6, 6.07) is 4.11. The predicted octanol–water partition coefficient (Wildman–Crippen LogP) is 1.94. The van der Waals surface area contributed by atoms with Gasteiger partial charge in [-0.05, 0) is 25.6 Å². The third-order valence-electron chi connectivity index (χ3n) is 2.63. The van der Waals surface area contributed by atoms with Gasteiger partial charge in [0.2, 0.25) is 0 Å². The van der Waals surface area contributed by atoms with Gasteiger partial charge in [0, 0.05) is 31.6 Å². The molecule has 0 aliphatic rings. The Hall–Kier alpha value is -1.68. The zero-order valence-electron chi connectivity index (χ0n) is 10.3. The summed E-state index contributed by atoms with van der Waals surface area (Å²) in [4.78, 5) is 8.70. The van der Waals surface area contributed by atoms with Crippen LogP contribution in [-0.2, 0) is 13.0 Å².